The fourth-order valence-electron chi connectivity index (χ4n) is 1.33. The first-order valence-electron chi connectivity index (χ1n) is 5.08. The van der Waals surface area contributed by atoms with Gasteiger partial charge in [-0.1, -0.05) is 6.92 Å². The van der Waals surface area contributed by atoms with E-state index in [1.54, 1.807) is 12.1 Å². The SMILES string of the molecule is CCCNc1cc(-n2cnnn2)ccc1F. The topological polar surface area (TPSA) is 55.6 Å². The number of hydrogen-bond donors (Lipinski definition) is 1. The summed E-state index contributed by atoms with van der Waals surface area (Å²) in [6.45, 7) is 2.76. The molecule has 0 amide bonds. The zero-order chi connectivity index (χ0) is 11.4. The van der Waals surface area contributed by atoms with Crippen LogP contribution in [0.2, 0.25) is 0 Å². The van der Waals surface area contributed by atoms with E-state index in [0.717, 1.165) is 18.7 Å². The van der Waals surface area contributed by atoms with Gasteiger partial charge in [-0.05, 0) is 35.0 Å². The number of anilines is 1. The summed E-state index contributed by atoms with van der Waals surface area (Å²) in [5, 5.41) is 13.8. The third-order valence-electron chi connectivity index (χ3n) is 2.13. The molecule has 6 heteroatoms. The number of tetrazole rings is 1. The average molecular weight is 221 g/mol. The average Bonchev–Trinajstić information content (AvgIpc) is 2.81. The molecule has 1 aromatic heterocycles. The highest BCUT2D eigenvalue weighted by molar-refractivity contribution is 5.51. The van der Waals surface area contributed by atoms with E-state index in [9.17, 15) is 4.39 Å². The zero-order valence-electron chi connectivity index (χ0n) is 8.89. The second-order valence-electron chi connectivity index (χ2n) is 3.35. The van der Waals surface area contributed by atoms with E-state index < -0.39 is 0 Å². The zero-order valence-corrected chi connectivity index (χ0v) is 8.89. The maximum atomic E-state index is 13.4. The summed E-state index contributed by atoms with van der Waals surface area (Å²) in [5.41, 5.74) is 1.19. The lowest BCUT2D eigenvalue weighted by molar-refractivity contribution is 0.629. The monoisotopic (exact) mass is 221 g/mol. The summed E-state index contributed by atoms with van der Waals surface area (Å²) in [6.07, 6.45) is 2.41. The van der Waals surface area contributed by atoms with Crippen molar-refractivity contribution in [2.45, 2.75) is 13.3 Å². The molecule has 0 aliphatic heterocycles. The van der Waals surface area contributed by atoms with E-state index in [1.807, 2.05) is 6.92 Å². The van der Waals surface area contributed by atoms with Gasteiger partial charge in [-0.3, -0.25) is 0 Å². The Morgan fingerprint density at radius 3 is 3.00 bits per heavy atom. The molecule has 0 saturated heterocycles. The van der Waals surface area contributed by atoms with Gasteiger partial charge in [-0.15, -0.1) is 5.10 Å². The van der Waals surface area contributed by atoms with Crippen molar-refractivity contribution in [1.82, 2.24) is 20.2 Å². The molecule has 0 fully saturated rings. The van der Waals surface area contributed by atoms with Crippen molar-refractivity contribution >= 4 is 5.69 Å². The van der Waals surface area contributed by atoms with Crippen LogP contribution in [0.25, 0.3) is 5.69 Å². The molecule has 0 unspecified atom stereocenters. The smallest absolute Gasteiger partial charge is 0.146 e. The van der Waals surface area contributed by atoms with E-state index in [0.29, 0.717) is 5.69 Å². The number of hydrogen-bond acceptors (Lipinski definition) is 4. The molecule has 2 aromatic rings. The Morgan fingerprint density at radius 2 is 2.31 bits per heavy atom. The predicted molar refractivity (Wildman–Crippen MR) is 57.9 cm³/mol. The standard InChI is InChI=1S/C10H12FN5/c1-2-5-12-10-6-8(3-4-9(10)11)16-7-13-14-15-16/h3-4,6-7,12H,2,5H2,1H3. The summed E-state index contributed by atoms with van der Waals surface area (Å²) in [6, 6.07) is 4.71. The number of benzene rings is 1. The Morgan fingerprint density at radius 1 is 1.44 bits per heavy atom. The largest absolute Gasteiger partial charge is 0.383 e. The van der Waals surface area contributed by atoms with Gasteiger partial charge in [0, 0.05) is 6.54 Å². The molecule has 0 aliphatic rings. The van der Waals surface area contributed by atoms with Crippen molar-refractivity contribution in [1.29, 1.82) is 0 Å². The number of aromatic nitrogens is 4. The number of rotatable bonds is 4. The lowest BCUT2D eigenvalue weighted by Gasteiger charge is -2.07. The molecule has 0 bridgehead atoms. The first-order valence-corrected chi connectivity index (χ1v) is 5.08. The van der Waals surface area contributed by atoms with Crippen LogP contribution >= 0.6 is 0 Å². The molecule has 0 saturated carbocycles. The molecule has 16 heavy (non-hydrogen) atoms. The van der Waals surface area contributed by atoms with Gasteiger partial charge in [0.25, 0.3) is 0 Å². The summed E-state index contributed by atoms with van der Waals surface area (Å²) in [5.74, 6) is -0.273. The van der Waals surface area contributed by atoms with E-state index in [1.165, 1.54) is 17.1 Å². The third kappa shape index (κ3) is 2.16. The predicted octanol–water partition coefficient (Wildman–Crippen LogP) is 1.62. The van der Waals surface area contributed by atoms with Gasteiger partial charge < -0.3 is 5.32 Å². The lowest BCUT2D eigenvalue weighted by Crippen LogP contribution is -2.04. The second-order valence-corrected chi connectivity index (χ2v) is 3.35. The van der Waals surface area contributed by atoms with Crippen LogP contribution in [0.5, 0.6) is 0 Å². The van der Waals surface area contributed by atoms with Crippen molar-refractivity contribution in [3.8, 4) is 5.69 Å². The molecular formula is C10H12FN5. The highest BCUT2D eigenvalue weighted by Gasteiger charge is 2.04. The van der Waals surface area contributed by atoms with E-state index in [2.05, 4.69) is 20.8 Å². The van der Waals surface area contributed by atoms with Crippen LogP contribution in [0.3, 0.4) is 0 Å². The van der Waals surface area contributed by atoms with Crippen LogP contribution in [-0.4, -0.2) is 26.8 Å². The van der Waals surface area contributed by atoms with Crippen molar-refractivity contribution in [3.63, 3.8) is 0 Å². The minimum Gasteiger partial charge on any atom is -0.383 e. The molecule has 1 N–H and O–H groups in total. The quantitative estimate of drug-likeness (QED) is 0.852. The highest BCUT2D eigenvalue weighted by atomic mass is 19.1. The van der Waals surface area contributed by atoms with E-state index >= 15 is 0 Å². The Labute approximate surface area is 92.3 Å². The number of nitrogens with zero attached hydrogens (tertiary/aromatic N) is 4. The third-order valence-corrected chi connectivity index (χ3v) is 2.13. The molecular weight excluding hydrogens is 209 g/mol. The maximum absolute atomic E-state index is 13.4. The molecule has 84 valence electrons. The summed E-state index contributed by atoms with van der Waals surface area (Å²) in [4.78, 5) is 0. The van der Waals surface area contributed by atoms with Gasteiger partial charge in [0.2, 0.25) is 0 Å². The van der Waals surface area contributed by atoms with Gasteiger partial charge in [0.05, 0.1) is 11.4 Å². The Hall–Kier alpha value is -1.98. The Bertz CT molecular complexity index is 454. The second kappa shape index (κ2) is 4.69. The van der Waals surface area contributed by atoms with Crippen LogP contribution in [0.15, 0.2) is 24.5 Å². The molecule has 1 aromatic carbocycles. The van der Waals surface area contributed by atoms with Gasteiger partial charge in [0.1, 0.15) is 12.1 Å². The Balaban J connectivity index is 2.28. The van der Waals surface area contributed by atoms with E-state index in [-0.39, 0.29) is 5.82 Å². The van der Waals surface area contributed by atoms with Crippen LogP contribution < -0.4 is 5.32 Å². The minimum atomic E-state index is -0.273. The molecule has 0 atom stereocenters. The first-order chi connectivity index (χ1) is 7.81. The van der Waals surface area contributed by atoms with Crippen molar-refractivity contribution in [2.75, 3.05) is 11.9 Å². The summed E-state index contributed by atoms with van der Waals surface area (Å²) in [7, 11) is 0. The number of nitrogens with one attached hydrogen (secondary N) is 1. The van der Waals surface area contributed by atoms with Gasteiger partial charge in [0.15, 0.2) is 0 Å². The van der Waals surface area contributed by atoms with Gasteiger partial charge >= 0.3 is 0 Å². The lowest BCUT2D eigenvalue weighted by atomic mass is 10.2. The summed E-state index contributed by atoms with van der Waals surface area (Å²) < 4.78 is 14.9. The highest BCUT2D eigenvalue weighted by Crippen LogP contribution is 2.17. The van der Waals surface area contributed by atoms with Crippen molar-refractivity contribution in [3.05, 3.63) is 30.3 Å². The fraction of sp³-hybridized carbons (Fsp3) is 0.300. The van der Waals surface area contributed by atoms with Gasteiger partial charge in [-0.2, -0.15) is 0 Å². The number of halogens is 1. The fourth-order valence-corrected chi connectivity index (χ4v) is 1.33. The molecule has 0 radical (unpaired) electrons. The molecule has 5 nitrogen and oxygen atoms in total. The van der Waals surface area contributed by atoms with Crippen LogP contribution in [0.4, 0.5) is 10.1 Å². The van der Waals surface area contributed by atoms with E-state index in [4.69, 9.17) is 0 Å². The molecule has 0 spiro atoms. The molecule has 2 rings (SSSR count). The minimum absolute atomic E-state index is 0.273. The molecule has 1 heterocycles. The van der Waals surface area contributed by atoms with Gasteiger partial charge in [-0.25, -0.2) is 9.07 Å². The molecule has 0 aliphatic carbocycles. The van der Waals surface area contributed by atoms with Crippen LogP contribution in [0, 0.1) is 5.82 Å². The maximum Gasteiger partial charge on any atom is 0.146 e. The van der Waals surface area contributed by atoms with Crippen LogP contribution in [-0.2, 0) is 0 Å². The normalized spacial score (nSPS) is 10.4. The summed E-state index contributed by atoms with van der Waals surface area (Å²) >= 11 is 0. The Kier molecular flexibility index (Phi) is 3.09. The van der Waals surface area contributed by atoms with Crippen molar-refractivity contribution < 1.29 is 4.39 Å². The van der Waals surface area contributed by atoms with Crippen molar-refractivity contribution in [2.24, 2.45) is 0 Å². The first kappa shape index (κ1) is 10.5. The van der Waals surface area contributed by atoms with Crippen LogP contribution in [0.1, 0.15) is 13.3 Å².